The number of allylic oxidation sites excluding steroid dienone is 1. The lowest BCUT2D eigenvalue weighted by Gasteiger charge is -2.05. The highest BCUT2D eigenvalue weighted by molar-refractivity contribution is 7.16. The van der Waals surface area contributed by atoms with Gasteiger partial charge >= 0.3 is 0 Å². The van der Waals surface area contributed by atoms with E-state index in [2.05, 4.69) is 37.6 Å². The average Bonchev–Trinajstić information content (AvgIpc) is 3.07. The number of hydrogen-bond acceptors (Lipinski definition) is 3. The van der Waals surface area contributed by atoms with Crippen LogP contribution < -0.4 is 9.54 Å². The minimum Gasteiger partial charge on any atom is -0.457 e. The highest BCUT2D eigenvalue weighted by Crippen LogP contribution is 2.24. The molecule has 4 nitrogen and oxygen atoms in total. The number of nitrogens with zero attached hydrogens (tertiary/aromatic N) is 2. The van der Waals surface area contributed by atoms with Gasteiger partial charge in [0, 0.05) is 12.1 Å². The van der Waals surface area contributed by atoms with Crippen LogP contribution in [0.2, 0.25) is 0 Å². The largest absolute Gasteiger partial charge is 0.457 e. The molecule has 0 radical (unpaired) electrons. The van der Waals surface area contributed by atoms with Crippen molar-refractivity contribution in [3.05, 3.63) is 101 Å². The minimum absolute atomic E-state index is 0.278. The number of para-hydroxylation sites is 1. The van der Waals surface area contributed by atoms with Crippen molar-refractivity contribution in [3.8, 4) is 11.5 Å². The van der Waals surface area contributed by atoms with E-state index in [9.17, 15) is 4.79 Å². The standard InChI is InChI=1S/C25H22N2O2S/c1-4-14-27-22-16-17(2)15-18(3)23(22)30-25(27)26-24(28)19-10-12-21(13-11-19)29-20-8-6-5-7-9-20/h4-13,15-16H,1,14H2,2-3H3. The first-order chi connectivity index (χ1) is 14.5. The molecule has 1 amide bonds. The predicted octanol–water partition coefficient (Wildman–Crippen LogP) is 6.04. The normalized spacial score (nSPS) is 11.6. The summed E-state index contributed by atoms with van der Waals surface area (Å²) in [6.45, 7) is 8.61. The molecule has 0 atom stereocenters. The van der Waals surface area contributed by atoms with E-state index in [0.29, 0.717) is 22.7 Å². The Morgan fingerprint density at radius 1 is 1.07 bits per heavy atom. The lowest BCUT2D eigenvalue weighted by molar-refractivity contribution is 0.0998. The minimum atomic E-state index is -0.278. The number of hydrogen-bond donors (Lipinski definition) is 0. The van der Waals surface area contributed by atoms with Gasteiger partial charge in [-0.15, -0.1) is 6.58 Å². The maximum Gasteiger partial charge on any atom is 0.279 e. The smallest absolute Gasteiger partial charge is 0.279 e. The Kier molecular flexibility index (Phi) is 5.63. The molecule has 0 bridgehead atoms. The molecule has 5 heteroatoms. The maximum absolute atomic E-state index is 12.8. The van der Waals surface area contributed by atoms with Crippen LogP contribution in [-0.4, -0.2) is 10.5 Å². The molecule has 0 unspecified atom stereocenters. The molecular weight excluding hydrogens is 392 g/mol. The Balaban J connectivity index is 1.67. The van der Waals surface area contributed by atoms with Gasteiger partial charge in [0.05, 0.1) is 10.2 Å². The zero-order chi connectivity index (χ0) is 21.1. The third-order valence-electron chi connectivity index (χ3n) is 4.70. The SMILES string of the molecule is C=CCn1c(=NC(=O)c2ccc(Oc3ccccc3)cc2)sc2c(C)cc(C)cc21. The molecule has 150 valence electrons. The highest BCUT2D eigenvalue weighted by Gasteiger charge is 2.11. The first-order valence-corrected chi connectivity index (χ1v) is 10.5. The van der Waals surface area contributed by atoms with E-state index >= 15 is 0 Å². The van der Waals surface area contributed by atoms with Crippen molar-refractivity contribution >= 4 is 27.5 Å². The Bertz CT molecular complexity index is 1280. The van der Waals surface area contributed by atoms with Crippen LogP contribution in [0.15, 0.2) is 84.4 Å². The lowest BCUT2D eigenvalue weighted by Crippen LogP contribution is -2.16. The molecule has 0 fully saturated rings. The molecule has 0 spiro atoms. The topological polar surface area (TPSA) is 43.6 Å². The monoisotopic (exact) mass is 414 g/mol. The number of carbonyl (C=O) groups is 1. The number of aromatic nitrogens is 1. The van der Waals surface area contributed by atoms with Crippen molar-refractivity contribution < 1.29 is 9.53 Å². The number of benzene rings is 3. The summed E-state index contributed by atoms with van der Waals surface area (Å²) in [4.78, 5) is 17.9. The van der Waals surface area contributed by atoms with Crippen LogP contribution in [0.1, 0.15) is 21.5 Å². The van der Waals surface area contributed by atoms with Crippen LogP contribution in [0.4, 0.5) is 0 Å². The van der Waals surface area contributed by atoms with Gasteiger partial charge in [-0.2, -0.15) is 4.99 Å². The van der Waals surface area contributed by atoms with Gasteiger partial charge in [0.1, 0.15) is 11.5 Å². The summed E-state index contributed by atoms with van der Waals surface area (Å²) in [6.07, 6.45) is 1.82. The Morgan fingerprint density at radius 2 is 1.77 bits per heavy atom. The molecule has 30 heavy (non-hydrogen) atoms. The molecule has 0 aliphatic carbocycles. The van der Waals surface area contributed by atoms with E-state index in [1.165, 1.54) is 22.5 Å². The molecule has 0 aliphatic heterocycles. The predicted molar refractivity (Wildman–Crippen MR) is 122 cm³/mol. The van der Waals surface area contributed by atoms with Gasteiger partial charge in [-0.05, 0) is 67.4 Å². The van der Waals surface area contributed by atoms with Crippen LogP contribution in [0.5, 0.6) is 11.5 Å². The van der Waals surface area contributed by atoms with E-state index in [4.69, 9.17) is 4.74 Å². The number of aryl methyl sites for hydroxylation is 2. The summed E-state index contributed by atoms with van der Waals surface area (Å²) < 4.78 is 8.97. The van der Waals surface area contributed by atoms with E-state index in [-0.39, 0.29) is 5.91 Å². The zero-order valence-corrected chi connectivity index (χ0v) is 17.8. The number of fused-ring (bicyclic) bond motifs is 1. The quantitative estimate of drug-likeness (QED) is 0.374. The van der Waals surface area contributed by atoms with Crippen molar-refractivity contribution in [2.45, 2.75) is 20.4 Å². The Labute approximate surface area is 179 Å². The summed E-state index contributed by atoms with van der Waals surface area (Å²) in [5.41, 5.74) is 3.97. The van der Waals surface area contributed by atoms with Gasteiger partial charge < -0.3 is 9.30 Å². The molecule has 1 aromatic heterocycles. The number of thiazole rings is 1. The number of ether oxygens (including phenoxy) is 1. The van der Waals surface area contributed by atoms with Crippen molar-refractivity contribution in [3.63, 3.8) is 0 Å². The van der Waals surface area contributed by atoms with Gasteiger partial charge in [-0.25, -0.2) is 0 Å². The summed E-state index contributed by atoms with van der Waals surface area (Å²) in [6, 6.07) is 20.9. The van der Waals surface area contributed by atoms with Crippen molar-refractivity contribution in [2.75, 3.05) is 0 Å². The van der Waals surface area contributed by atoms with E-state index in [1.807, 2.05) is 41.0 Å². The second kappa shape index (κ2) is 8.51. The third kappa shape index (κ3) is 4.11. The number of amides is 1. The molecule has 0 aliphatic rings. The van der Waals surface area contributed by atoms with Crippen LogP contribution in [0.25, 0.3) is 10.2 Å². The van der Waals surface area contributed by atoms with Gasteiger partial charge in [-0.1, -0.05) is 41.7 Å². The Hall–Kier alpha value is -3.44. The first-order valence-electron chi connectivity index (χ1n) is 9.68. The second-order valence-corrected chi connectivity index (χ2v) is 8.05. The molecule has 0 N–H and O–H groups in total. The molecule has 4 aromatic rings. The third-order valence-corrected chi connectivity index (χ3v) is 5.93. The summed E-state index contributed by atoms with van der Waals surface area (Å²) in [5, 5.41) is 0. The molecule has 3 aromatic carbocycles. The van der Waals surface area contributed by atoms with E-state index in [0.717, 1.165) is 16.0 Å². The molecule has 4 rings (SSSR count). The summed E-state index contributed by atoms with van der Waals surface area (Å²) in [7, 11) is 0. The van der Waals surface area contributed by atoms with Gasteiger partial charge in [0.2, 0.25) is 0 Å². The van der Waals surface area contributed by atoms with Gasteiger partial charge in [-0.3, -0.25) is 4.79 Å². The average molecular weight is 415 g/mol. The molecule has 1 heterocycles. The maximum atomic E-state index is 12.8. The lowest BCUT2D eigenvalue weighted by atomic mass is 10.1. The summed E-state index contributed by atoms with van der Waals surface area (Å²) in [5.74, 6) is 1.15. The van der Waals surface area contributed by atoms with Crippen LogP contribution in [0, 0.1) is 13.8 Å². The van der Waals surface area contributed by atoms with E-state index in [1.54, 1.807) is 24.3 Å². The molecular formula is C25H22N2O2S. The Morgan fingerprint density at radius 3 is 2.47 bits per heavy atom. The van der Waals surface area contributed by atoms with Crippen molar-refractivity contribution in [1.82, 2.24) is 4.57 Å². The van der Waals surface area contributed by atoms with Gasteiger partial charge in [0.25, 0.3) is 5.91 Å². The van der Waals surface area contributed by atoms with Crippen molar-refractivity contribution in [2.24, 2.45) is 4.99 Å². The zero-order valence-electron chi connectivity index (χ0n) is 17.0. The fourth-order valence-corrected chi connectivity index (χ4v) is 4.43. The van der Waals surface area contributed by atoms with Crippen molar-refractivity contribution in [1.29, 1.82) is 0 Å². The van der Waals surface area contributed by atoms with Crippen LogP contribution in [0.3, 0.4) is 0 Å². The van der Waals surface area contributed by atoms with Crippen LogP contribution >= 0.6 is 11.3 Å². The highest BCUT2D eigenvalue weighted by atomic mass is 32.1. The fraction of sp³-hybridized carbons (Fsp3) is 0.120. The molecule has 0 saturated heterocycles. The summed E-state index contributed by atoms with van der Waals surface area (Å²) >= 11 is 1.53. The first kappa shape index (κ1) is 19.9. The van der Waals surface area contributed by atoms with Crippen LogP contribution in [-0.2, 0) is 6.54 Å². The van der Waals surface area contributed by atoms with E-state index < -0.39 is 0 Å². The number of rotatable bonds is 5. The number of carbonyl (C=O) groups excluding carboxylic acids is 1. The second-order valence-electron chi connectivity index (χ2n) is 7.07. The molecule has 0 saturated carbocycles. The fourth-order valence-electron chi connectivity index (χ4n) is 3.34. The van der Waals surface area contributed by atoms with Gasteiger partial charge in [0.15, 0.2) is 4.80 Å².